The molecule has 0 aliphatic heterocycles. The first-order valence-corrected chi connectivity index (χ1v) is 25.7. The largest absolute Gasteiger partial charge is 0.480 e. The van der Waals surface area contributed by atoms with Crippen LogP contribution in [0.5, 0.6) is 0 Å². The van der Waals surface area contributed by atoms with Gasteiger partial charge in [-0.15, -0.1) is 0 Å². The quantitative estimate of drug-likeness (QED) is 0.0230. The summed E-state index contributed by atoms with van der Waals surface area (Å²) in [5.74, 6) is -2.43. The van der Waals surface area contributed by atoms with Crippen LogP contribution in [0.1, 0.15) is 213 Å². The number of esters is 2. The van der Waals surface area contributed by atoms with Gasteiger partial charge in [0.15, 0.2) is 6.10 Å². The van der Waals surface area contributed by atoms with Gasteiger partial charge in [-0.05, 0) is 51.4 Å². The fourth-order valence-corrected chi connectivity index (χ4v) is 7.36. The molecule has 0 heterocycles. The number of hydrogen-bond donors (Lipinski definition) is 3. The number of hydrogen-bond acceptors (Lipinski definition) is 9. The fourth-order valence-electron chi connectivity index (χ4n) is 6.59. The van der Waals surface area contributed by atoms with Gasteiger partial charge in [-0.1, -0.05) is 197 Å². The summed E-state index contributed by atoms with van der Waals surface area (Å²) in [5, 5.41) is 8.90. The van der Waals surface area contributed by atoms with E-state index in [1.165, 1.54) is 116 Å². The van der Waals surface area contributed by atoms with Crippen LogP contribution < -0.4 is 5.73 Å². The Morgan fingerprint density at radius 1 is 0.525 bits per heavy atom. The highest BCUT2D eigenvalue weighted by Crippen LogP contribution is 2.43. The molecule has 1 unspecified atom stereocenters. The number of carbonyl (C=O) groups excluding carboxylic acids is 2. The zero-order valence-electron chi connectivity index (χ0n) is 38.5. The van der Waals surface area contributed by atoms with Crippen LogP contribution >= 0.6 is 7.82 Å². The Morgan fingerprint density at radius 3 is 1.38 bits per heavy atom. The second kappa shape index (κ2) is 44.1. The van der Waals surface area contributed by atoms with Crippen LogP contribution in [0.3, 0.4) is 0 Å². The van der Waals surface area contributed by atoms with Gasteiger partial charge < -0.3 is 25.2 Å². The second-order valence-corrected chi connectivity index (χ2v) is 17.7. The Balaban J connectivity index is 4.26. The number of carboxylic acids is 1. The van der Waals surface area contributed by atoms with Crippen LogP contribution in [-0.2, 0) is 37.5 Å². The molecule has 61 heavy (non-hydrogen) atoms. The molecule has 0 aromatic carbocycles. The van der Waals surface area contributed by atoms with Crippen LogP contribution in [0.2, 0.25) is 0 Å². The molecule has 0 aliphatic rings. The van der Waals surface area contributed by atoms with E-state index < -0.39 is 51.1 Å². The van der Waals surface area contributed by atoms with E-state index in [1.54, 1.807) is 0 Å². The molecule has 354 valence electrons. The minimum atomic E-state index is -4.73. The molecule has 0 aromatic rings. The number of ether oxygens (including phenoxy) is 2. The first kappa shape index (κ1) is 58.4. The van der Waals surface area contributed by atoms with Crippen LogP contribution in [0.4, 0.5) is 0 Å². The van der Waals surface area contributed by atoms with Crippen molar-refractivity contribution < 1.29 is 47.5 Å². The molecular weight excluding hydrogens is 794 g/mol. The summed E-state index contributed by atoms with van der Waals surface area (Å²) in [4.78, 5) is 46.0. The third-order valence-electron chi connectivity index (χ3n) is 10.3. The predicted octanol–water partition coefficient (Wildman–Crippen LogP) is 13.3. The zero-order valence-corrected chi connectivity index (χ0v) is 39.4. The van der Waals surface area contributed by atoms with E-state index in [4.69, 9.17) is 24.8 Å². The lowest BCUT2D eigenvalue weighted by Gasteiger charge is -2.20. The lowest BCUT2D eigenvalue weighted by Crippen LogP contribution is -2.34. The monoisotopic (exact) mass is 882 g/mol. The van der Waals surface area contributed by atoms with Gasteiger partial charge in [0.2, 0.25) is 0 Å². The summed E-state index contributed by atoms with van der Waals surface area (Å²) >= 11 is 0. The first-order valence-electron chi connectivity index (χ1n) is 24.2. The molecule has 0 rings (SSSR count). The molecule has 0 radical (unpaired) electrons. The Morgan fingerprint density at radius 2 is 0.918 bits per heavy atom. The Kier molecular flexibility index (Phi) is 42.2. The smallest absolute Gasteiger partial charge is 0.472 e. The minimum absolute atomic E-state index is 0.109. The predicted molar refractivity (Wildman–Crippen MR) is 249 cm³/mol. The highest BCUT2D eigenvalue weighted by molar-refractivity contribution is 7.47. The lowest BCUT2D eigenvalue weighted by atomic mass is 10.0. The van der Waals surface area contributed by atoms with E-state index in [0.29, 0.717) is 12.8 Å². The SMILES string of the molecule is CC/C=C/C/C=C/C/C=C/C/C=C/CCCCC(=O)O[C@@H](COC(=O)CCCCCCCCCCCCCCCCCCCCCCCC)COP(=O)(O)OC[C@@H](N)C(=O)O. The summed E-state index contributed by atoms with van der Waals surface area (Å²) in [5.41, 5.74) is 5.34. The molecule has 0 saturated carbocycles. The number of allylic oxidation sites excluding steroid dienone is 8. The average molecular weight is 882 g/mol. The van der Waals surface area contributed by atoms with Crippen LogP contribution in [0, 0.1) is 0 Å². The van der Waals surface area contributed by atoms with Crippen molar-refractivity contribution in [1.82, 2.24) is 0 Å². The second-order valence-electron chi connectivity index (χ2n) is 16.2. The van der Waals surface area contributed by atoms with Crippen molar-refractivity contribution in [3.8, 4) is 0 Å². The molecule has 12 heteroatoms. The van der Waals surface area contributed by atoms with E-state index in [2.05, 4.69) is 67.0 Å². The minimum Gasteiger partial charge on any atom is -0.480 e. The number of carbonyl (C=O) groups is 3. The first-order chi connectivity index (χ1) is 29.6. The molecule has 0 aliphatic carbocycles. The van der Waals surface area contributed by atoms with E-state index in [1.807, 2.05) is 0 Å². The van der Waals surface area contributed by atoms with E-state index in [9.17, 15) is 23.8 Å². The molecule has 0 amide bonds. The molecule has 4 N–H and O–H groups in total. The van der Waals surface area contributed by atoms with Crippen molar-refractivity contribution in [3.05, 3.63) is 48.6 Å². The number of unbranched alkanes of at least 4 members (excludes halogenated alkanes) is 23. The van der Waals surface area contributed by atoms with Crippen molar-refractivity contribution in [2.75, 3.05) is 19.8 Å². The van der Waals surface area contributed by atoms with Crippen LogP contribution in [0.15, 0.2) is 48.6 Å². The van der Waals surface area contributed by atoms with Crippen LogP contribution in [-0.4, -0.2) is 59.9 Å². The number of phosphoric acid groups is 1. The van der Waals surface area contributed by atoms with Gasteiger partial charge in [0.25, 0.3) is 0 Å². The molecule has 3 atom stereocenters. The highest BCUT2D eigenvalue weighted by atomic mass is 31.2. The molecule has 0 bridgehead atoms. The topological polar surface area (TPSA) is 172 Å². The third-order valence-corrected chi connectivity index (χ3v) is 11.3. The van der Waals surface area contributed by atoms with E-state index >= 15 is 0 Å². The summed E-state index contributed by atoms with van der Waals surface area (Å²) < 4.78 is 32.7. The number of phosphoric ester groups is 1. The van der Waals surface area contributed by atoms with Gasteiger partial charge in [0, 0.05) is 12.8 Å². The van der Waals surface area contributed by atoms with E-state index in [-0.39, 0.29) is 19.4 Å². The molecular formula is C49H88NO10P. The van der Waals surface area contributed by atoms with E-state index in [0.717, 1.165) is 57.8 Å². The summed E-state index contributed by atoms with van der Waals surface area (Å²) in [6.07, 6.45) is 50.5. The molecule has 0 saturated heterocycles. The molecule has 11 nitrogen and oxygen atoms in total. The number of nitrogens with two attached hydrogens (primary N) is 1. The third kappa shape index (κ3) is 43.9. The fraction of sp³-hybridized carbons (Fsp3) is 0.776. The summed E-state index contributed by atoms with van der Waals surface area (Å²) in [6, 6.07) is -1.53. The maximum absolute atomic E-state index is 12.6. The Labute approximate surface area is 371 Å². The Bertz CT molecular complexity index is 1220. The molecule has 0 aromatic heterocycles. The van der Waals surface area contributed by atoms with Gasteiger partial charge in [0.1, 0.15) is 12.6 Å². The van der Waals surface area contributed by atoms with Crippen molar-refractivity contribution in [2.45, 2.75) is 225 Å². The number of aliphatic carboxylic acids is 1. The summed E-state index contributed by atoms with van der Waals surface area (Å²) in [6.45, 7) is 2.67. The highest BCUT2D eigenvalue weighted by Gasteiger charge is 2.28. The van der Waals surface area contributed by atoms with Crippen molar-refractivity contribution >= 4 is 25.7 Å². The van der Waals surface area contributed by atoms with Crippen molar-refractivity contribution in [3.63, 3.8) is 0 Å². The molecule has 0 fully saturated rings. The normalized spacial score (nSPS) is 14.0. The van der Waals surface area contributed by atoms with Gasteiger partial charge in [-0.3, -0.25) is 23.4 Å². The van der Waals surface area contributed by atoms with Gasteiger partial charge in [-0.2, -0.15) is 0 Å². The van der Waals surface area contributed by atoms with Gasteiger partial charge >= 0.3 is 25.7 Å². The lowest BCUT2D eigenvalue weighted by molar-refractivity contribution is -0.161. The van der Waals surface area contributed by atoms with Gasteiger partial charge in [0.05, 0.1) is 13.2 Å². The zero-order chi connectivity index (χ0) is 44.9. The maximum atomic E-state index is 12.6. The average Bonchev–Trinajstić information content (AvgIpc) is 3.24. The number of rotatable bonds is 45. The van der Waals surface area contributed by atoms with Gasteiger partial charge in [-0.25, -0.2) is 4.57 Å². The van der Waals surface area contributed by atoms with Crippen molar-refractivity contribution in [2.24, 2.45) is 5.73 Å². The van der Waals surface area contributed by atoms with Crippen LogP contribution in [0.25, 0.3) is 0 Å². The standard InChI is InChI=1S/C49H88NO10P/c1-3-5-7-9-11-13-15-17-19-20-21-22-23-24-25-27-28-30-32-34-36-38-40-47(51)57-42-45(43-58-61(55,56)59-44-46(50)49(53)54)60-48(52)41-39-37-35-33-31-29-26-18-16-14-12-10-8-6-4-2/h6,8,12,14,18,26,31,33,45-46H,3-5,7,9-11,13,15-17,19-25,27-30,32,34-44,50H2,1-2H3,(H,53,54)(H,55,56)/b8-6+,14-12+,26-18+,33-31+/t45-,46+/m0/s1. The molecule has 0 spiro atoms. The summed E-state index contributed by atoms with van der Waals surface area (Å²) in [7, 11) is -4.73. The Hall–Kier alpha value is -2.56. The maximum Gasteiger partial charge on any atom is 0.472 e. The van der Waals surface area contributed by atoms with Crippen molar-refractivity contribution in [1.29, 1.82) is 0 Å². The number of carboxylic acid groups (broad SMARTS) is 1.